The molecular formula is C31H30N6O5S2. The maximum absolute atomic E-state index is 13.7. The highest BCUT2D eigenvalue weighted by Crippen LogP contribution is 2.50. The third-order valence-electron chi connectivity index (χ3n) is 7.31. The van der Waals surface area contributed by atoms with E-state index in [0.29, 0.717) is 56.1 Å². The predicted octanol–water partition coefficient (Wildman–Crippen LogP) is 5.00. The molecule has 11 nitrogen and oxygen atoms in total. The van der Waals surface area contributed by atoms with Crippen LogP contribution in [-0.2, 0) is 14.3 Å². The van der Waals surface area contributed by atoms with Crippen LogP contribution < -0.4 is 20.7 Å². The van der Waals surface area contributed by atoms with Gasteiger partial charge in [-0.15, -0.1) is 10.2 Å². The summed E-state index contributed by atoms with van der Waals surface area (Å²) in [6.45, 7) is 4.02. The SMILES string of the molecule is COC(=O)c1ccc(C2C(C#N)=C(N)N(c3nnc(SCC(=O)Nc4cccc(OC)c4)s3)C3=C2C(=O)CC(C)(C)C3)cc1. The van der Waals surface area contributed by atoms with Gasteiger partial charge in [0.05, 0.1) is 43.1 Å². The smallest absolute Gasteiger partial charge is 0.337 e. The predicted molar refractivity (Wildman–Crippen MR) is 167 cm³/mol. The molecule has 13 heteroatoms. The number of hydrogen-bond acceptors (Lipinski definition) is 12. The third kappa shape index (κ3) is 6.17. The molecule has 3 aromatic rings. The molecular weight excluding hydrogens is 601 g/mol. The highest BCUT2D eigenvalue weighted by Gasteiger charge is 2.45. The number of anilines is 2. The first-order valence-corrected chi connectivity index (χ1v) is 15.4. The van der Waals surface area contributed by atoms with Gasteiger partial charge in [0.25, 0.3) is 0 Å². The minimum absolute atomic E-state index is 0.0862. The van der Waals surface area contributed by atoms with Crippen LogP contribution in [-0.4, -0.2) is 47.8 Å². The zero-order valence-electron chi connectivity index (χ0n) is 24.5. The number of Topliss-reactive ketones (excluding diaryl/α,β-unsaturated/α-hetero) is 1. The number of nitrogens with one attached hydrogen (secondary N) is 1. The Labute approximate surface area is 262 Å². The standard InChI is InChI=1S/C31H30N6O5S2/c1-31(2)13-22-26(23(38)14-31)25(17-8-10-18(11-9-17)28(40)42-4)21(15-32)27(33)37(22)29-35-36-30(44-29)43-16-24(39)34-19-6-5-7-20(12-19)41-3/h5-12,25H,13-14,16,33H2,1-4H3,(H,34,39). The van der Waals surface area contributed by atoms with Crippen LogP contribution in [0.3, 0.4) is 0 Å². The molecule has 44 heavy (non-hydrogen) atoms. The van der Waals surface area contributed by atoms with Crippen molar-refractivity contribution in [2.45, 2.75) is 36.9 Å². The number of nitriles is 1. The van der Waals surface area contributed by atoms with Gasteiger partial charge >= 0.3 is 5.97 Å². The number of thioether (sulfide) groups is 1. The van der Waals surface area contributed by atoms with Gasteiger partial charge in [-0.1, -0.05) is 55.1 Å². The fourth-order valence-corrected chi connectivity index (χ4v) is 7.05. The first-order valence-electron chi connectivity index (χ1n) is 13.6. The molecule has 1 aromatic heterocycles. The lowest BCUT2D eigenvalue weighted by Crippen LogP contribution is -2.42. The van der Waals surface area contributed by atoms with Crippen LogP contribution in [0.25, 0.3) is 0 Å². The van der Waals surface area contributed by atoms with Gasteiger partial charge < -0.3 is 20.5 Å². The van der Waals surface area contributed by atoms with Gasteiger partial charge in [-0.25, -0.2) is 4.79 Å². The number of nitrogens with zero attached hydrogens (tertiary/aromatic N) is 4. The number of amides is 1. The molecule has 1 aliphatic heterocycles. The Kier molecular flexibility index (Phi) is 8.75. The number of hydrogen-bond donors (Lipinski definition) is 2. The molecule has 1 unspecified atom stereocenters. The molecule has 3 N–H and O–H groups in total. The summed E-state index contributed by atoms with van der Waals surface area (Å²) in [6, 6.07) is 15.9. The Morgan fingerprint density at radius 1 is 1.18 bits per heavy atom. The summed E-state index contributed by atoms with van der Waals surface area (Å²) < 4.78 is 10.5. The highest BCUT2D eigenvalue weighted by atomic mass is 32.2. The monoisotopic (exact) mass is 630 g/mol. The topological polar surface area (TPSA) is 161 Å². The molecule has 0 radical (unpaired) electrons. The maximum Gasteiger partial charge on any atom is 0.337 e. The summed E-state index contributed by atoms with van der Waals surface area (Å²) in [4.78, 5) is 40.0. The van der Waals surface area contributed by atoms with Crippen molar-refractivity contribution in [2.24, 2.45) is 11.1 Å². The van der Waals surface area contributed by atoms with Gasteiger partial charge in [-0.3, -0.25) is 14.5 Å². The van der Waals surface area contributed by atoms with Gasteiger partial charge in [0.1, 0.15) is 11.6 Å². The Morgan fingerprint density at radius 3 is 2.61 bits per heavy atom. The molecule has 0 saturated carbocycles. The second kappa shape index (κ2) is 12.5. The van der Waals surface area contributed by atoms with E-state index < -0.39 is 11.9 Å². The number of nitrogens with two attached hydrogens (primary N) is 1. The largest absolute Gasteiger partial charge is 0.497 e. The van der Waals surface area contributed by atoms with Gasteiger partial charge in [0, 0.05) is 29.4 Å². The summed E-state index contributed by atoms with van der Waals surface area (Å²) in [6.07, 6.45) is 0.809. The van der Waals surface area contributed by atoms with Crippen LogP contribution in [0.4, 0.5) is 10.8 Å². The molecule has 1 aliphatic carbocycles. The third-order valence-corrected chi connectivity index (χ3v) is 9.36. The molecule has 2 heterocycles. The van der Waals surface area contributed by atoms with Crippen molar-refractivity contribution >= 4 is 51.6 Å². The van der Waals surface area contributed by atoms with Crippen molar-refractivity contribution in [1.82, 2.24) is 10.2 Å². The summed E-state index contributed by atoms with van der Waals surface area (Å²) in [5, 5.41) is 22.2. The van der Waals surface area contributed by atoms with Crippen molar-refractivity contribution in [3.05, 3.63) is 82.3 Å². The van der Waals surface area contributed by atoms with E-state index in [0.717, 1.165) is 0 Å². The van der Waals surface area contributed by atoms with E-state index in [4.69, 9.17) is 15.2 Å². The lowest BCUT2D eigenvalue weighted by atomic mass is 9.68. The van der Waals surface area contributed by atoms with E-state index in [9.17, 15) is 19.6 Å². The van der Waals surface area contributed by atoms with Crippen LogP contribution in [0.15, 0.2) is 75.5 Å². The lowest BCUT2D eigenvalue weighted by Gasteiger charge is -2.42. The number of ether oxygens (including phenoxy) is 2. The van der Waals surface area contributed by atoms with E-state index in [2.05, 4.69) is 21.6 Å². The van der Waals surface area contributed by atoms with Crippen LogP contribution >= 0.6 is 23.1 Å². The Balaban J connectivity index is 1.45. The number of esters is 1. The average Bonchev–Trinajstić information content (AvgIpc) is 3.47. The zero-order chi connectivity index (χ0) is 31.6. The van der Waals surface area contributed by atoms with Crippen molar-refractivity contribution in [2.75, 3.05) is 30.2 Å². The first kappa shape index (κ1) is 30.8. The molecule has 0 bridgehead atoms. The zero-order valence-corrected chi connectivity index (χ0v) is 26.2. The molecule has 2 aromatic carbocycles. The van der Waals surface area contributed by atoms with Crippen molar-refractivity contribution < 1.29 is 23.9 Å². The number of methoxy groups -OCH3 is 2. The minimum atomic E-state index is -0.705. The Bertz CT molecular complexity index is 1740. The Hall–Kier alpha value is -4.67. The first-order chi connectivity index (χ1) is 21.0. The Morgan fingerprint density at radius 2 is 1.93 bits per heavy atom. The van der Waals surface area contributed by atoms with Crippen LogP contribution in [0, 0.1) is 16.7 Å². The molecule has 0 fully saturated rings. The molecule has 0 saturated heterocycles. The number of allylic oxidation sites excluding steroid dienone is 3. The number of rotatable bonds is 8. The molecule has 1 atom stereocenters. The molecule has 0 spiro atoms. The van der Waals surface area contributed by atoms with Crippen molar-refractivity contribution in [3.8, 4) is 11.8 Å². The molecule has 1 amide bonds. The van der Waals surface area contributed by atoms with E-state index in [1.54, 1.807) is 60.5 Å². The fraction of sp³-hybridized carbons (Fsp3) is 0.290. The van der Waals surface area contributed by atoms with Gasteiger partial charge in [0.2, 0.25) is 11.0 Å². The number of benzene rings is 2. The number of aromatic nitrogens is 2. The molecule has 5 rings (SSSR count). The van der Waals surface area contributed by atoms with E-state index in [-0.39, 0.29) is 34.3 Å². The number of ketones is 1. The summed E-state index contributed by atoms with van der Waals surface area (Å²) in [5.41, 5.74) is 9.29. The average molecular weight is 631 g/mol. The van der Waals surface area contributed by atoms with Gasteiger partial charge in [-0.2, -0.15) is 5.26 Å². The molecule has 2 aliphatic rings. The minimum Gasteiger partial charge on any atom is -0.497 e. The number of carbonyl (C=O) groups is 3. The summed E-state index contributed by atoms with van der Waals surface area (Å²) in [7, 11) is 2.86. The van der Waals surface area contributed by atoms with Crippen molar-refractivity contribution in [3.63, 3.8) is 0 Å². The van der Waals surface area contributed by atoms with Crippen LogP contribution in [0.2, 0.25) is 0 Å². The van der Waals surface area contributed by atoms with Gasteiger partial charge in [0.15, 0.2) is 10.1 Å². The summed E-state index contributed by atoms with van der Waals surface area (Å²) in [5.74, 6) is -0.631. The van der Waals surface area contributed by atoms with Crippen molar-refractivity contribution in [1.29, 1.82) is 5.26 Å². The number of carbonyl (C=O) groups excluding carboxylic acids is 3. The maximum atomic E-state index is 13.7. The van der Waals surface area contributed by atoms with E-state index >= 15 is 0 Å². The second-order valence-electron chi connectivity index (χ2n) is 11.0. The quantitative estimate of drug-likeness (QED) is 0.254. The summed E-state index contributed by atoms with van der Waals surface area (Å²) >= 11 is 2.43. The normalized spacial score (nSPS) is 17.6. The van der Waals surface area contributed by atoms with Gasteiger partial charge in [-0.05, 0) is 41.7 Å². The highest BCUT2D eigenvalue weighted by molar-refractivity contribution is 8.01. The van der Waals surface area contributed by atoms with Crippen LogP contribution in [0.5, 0.6) is 5.75 Å². The van der Waals surface area contributed by atoms with Crippen LogP contribution in [0.1, 0.15) is 48.5 Å². The van der Waals surface area contributed by atoms with E-state index in [1.165, 1.54) is 30.2 Å². The second-order valence-corrected chi connectivity index (χ2v) is 13.2. The molecule has 226 valence electrons. The lowest BCUT2D eigenvalue weighted by molar-refractivity contribution is -0.118. The van der Waals surface area contributed by atoms with E-state index in [1.807, 2.05) is 13.8 Å². The fourth-order valence-electron chi connectivity index (χ4n) is 5.37.